The second-order valence-electron chi connectivity index (χ2n) is 5.50. The van der Waals surface area contributed by atoms with Gasteiger partial charge in [-0.25, -0.2) is 0 Å². The van der Waals surface area contributed by atoms with Gasteiger partial charge in [0.2, 0.25) is 5.91 Å². The van der Waals surface area contributed by atoms with Gasteiger partial charge in [-0.15, -0.1) is 0 Å². The second kappa shape index (κ2) is 7.65. The molecule has 1 heterocycles. The fourth-order valence-electron chi connectivity index (χ4n) is 2.69. The van der Waals surface area contributed by atoms with E-state index >= 15 is 0 Å². The zero-order valence-corrected chi connectivity index (χ0v) is 12.7. The van der Waals surface area contributed by atoms with Crippen molar-refractivity contribution in [3.8, 4) is 0 Å². The first-order valence-corrected chi connectivity index (χ1v) is 7.82. The molecule has 1 aromatic carbocycles. The van der Waals surface area contributed by atoms with E-state index in [9.17, 15) is 4.79 Å². The fourth-order valence-corrected chi connectivity index (χ4v) is 2.99. The van der Waals surface area contributed by atoms with Gasteiger partial charge in [0.05, 0.1) is 6.04 Å². The van der Waals surface area contributed by atoms with E-state index in [0.29, 0.717) is 17.5 Å². The summed E-state index contributed by atoms with van der Waals surface area (Å²) < 4.78 is 0. The highest BCUT2D eigenvalue weighted by molar-refractivity contribution is 6.31. The van der Waals surface area contributed by atoms with Crippen LogP contribution in [0.1, 0.15) is 50.6 Å². The number of benzene rings is 1. The molecule has 2 N–H and O–H groups in total. The van der Waals surface area contributed by atoms with E-state index in [0.717, 1.165) is 18.5 Å². The van der Waals surface area contributed by atoms with Crippen molar-refractivity contribution in [1.82, 2.24) is 10.6 Å². The lowest BCUT2D eigenvalue weighted by Crippen LogP contribution is -2.35. The largest absolute Gasteiger partial charge is 0.350 e. The molecule has 4 heteroatoms. The van der Waals surface area contributed by atoms with Crippen LogP contribution >= 0.6 is 11.6 Å². The van der Waals surface area contributed by atoms with E-state index < -0.39 is 0 Å². The molecule has 1 aliphatic heterocycles. The summed E-state index contributed by atoms with van der Waals surface area (Å²) in [6.07, 6.45) is 5.21. The maximum atomic E-state index is 12.0. The highest BCUT2D eigenvalue weighted by Crippen LogP contribution is 2.22. The lowest BCUT2D eigenvalue weighted by Gasteiger charge is -2.23. The fraction of sp³-hybridized carbons (Fsp3) is 0.562. The van der Waals surface area contributed by atoms with Crippen LogP contribution in [0.2, 0.25) is 5.02 Å². The Hall–Kier alpha value is -1.06. The molecule has 0 bridgehead atoms. The molecule has 1 unspecified atom stereocenters. The molecular weight excluding hydrogens is 272 g/mol. The molecule has 0 aromatic heterocycles. The first-order valence-electron chi connectivity index (χ1n) is 7.44. The minimum absolute atomic E-state index is 0.0458. The first-order chi connectivity index (χ1) is 9.66. The molecular formula is C16H23ClN2O. The van der Waals surface area contributed by atoms with E-state index in [1.807, 2.05) is 31.2 Å². The molecule has 110 valence electrons. The Morgan fingerprint density at radius 3 is 2.95 bits per heavy atom. The molecule has 1 aliphatic rings. The van der Waals surface area contributed by atoms with Crippen LogP contribution < -0.4 is 10.6 Å². The van der Waals surface area contributed by atoms with Gasteiger partial charge in [-0.2, -0.15) is 0 Å². The van der Waals surface area contributed by atoms with Crippen molar-refractivity contribution in [3.05, 3.63) is 34.9 Å². The number of carbonyl (C=O) groups excluding carboxylic acids is 1. The Kier molecular flexibility index (Phi) is 5.86. The smallest absolute Gasteiger partial charge is 0.220 e. The quantitative estimate of drug-likeness (QED) is 0.873. The topological polar surface area (TPSA) is 41.1 Å². The molecule has 0 spiro atoms. The third kappa shape index (κ3) is 4.50. The van der Waals surface area contributed by atoms with Crippen molar-refractivity contribution >= 4 is 17.5 Å². The Morgan fingerprint density at radius 2 is 2.25 bits per heavy atom. The van der Waals surface area contributed by atoms with Crippen molar-refractivity contribution < 1.29 is 4.79 Å². The van der Waals surface area contributed by atoms with E-state index in [-0.39, 0.29) is 11.9 Å². The van der Waals surface area contributed by atoms with Crippen LogP contribution in [0, 0.1) is 0 Å². The van der Waals surface area contributed by atoms with Crippen molar-refractivity contribution in [2.45, 2.75) is 51.1 Å². The second-order valence-corrected chi connectivity index (χ2v) is 5.90. The SMILES string of the molecule is C[C@H](NC(=O)CCC1CCCCN1)c1ccccc1Cl. The van der Waals surface area contributed by atoms with Gasteiger partial charge in [-0.05, 0) is 44.4 Å². The first kappa shape index (κ1) is 15.3. The standard InChI is InChI=1S/C16H23ClN2O/c1-12(14-7-2-3-8-15(14)17)19-16(20)10-9-13-6-4-5-11-18-13/h2-3,7-8,12-13,18H,4-6,9-11H2,1H3,(H,19,20)/t12-,13?/m0/s1. The van der Waals surface area contributed by atoms with Gasteiger partial charge in [0, 0.05) is 17.5 Å². The number of piperidine rings is 1. The molecule has 1 aromatic rings. The predicted molar refractivity (Wildman–Crippen MR) is 82.9 cm³/mol. The summed E-state index contributed by atoms with van der Waals surface area (Å²) in [7, 11) is 0. The van der Waals surface area contributed by atoms with Gasteiger partial charge in [0.15, 0.2) is 0 Å². The summed E-state index contributed by atoms with van der Waals surface area (Å²) in [4.78, 5) is 12.0. The Balaban J connectivity index is 1.77. The van der Waals surface area contributed by atoms with Gasteiger partial charge in [-0.1, -0.05) is 36.2 Å². The molecule has 20 heavy (non-hydrogen) atoms. The van der Waals surface area contributed by atoms with Gasteiger partial charge in [-0.3, -0.25) is 4.79 Å². The van der Waals surface area contributed by atoms with E-state index in [2.05, 4.69) is 10.6 Å². The third-order valence-corrected chi connectivity index (χ3v) is 4.23. The van der Waals surface area contributed by atoms with Crippen LogP contribution in [-0.4, -0.2) is 18.5 Å². The van der Waals surface area contributed by atoms with Gasteiger partial charge < -0.3 is 10.6 Å². The van der Waals surface area contributed by atoms with E-state index in [1.54, 1.807) is 0 Å². The van der Waals surface area contributed by atoms with Crippen molar-refractivity contribution in [2.75, 3.05) is 6.54 Å². The Morgan fingerprint density at radius 1 is 1.45 bits per heavy atom. The van der Waals surface area contributed by atoms with Gasteiger partial charge in [0.25, 0.3) is 0 Å². The molecule has 0 radical (unpaired) electrons. The predicted octanol–water partition coefficient (Wildman–Crippen LogP) is 3.44. The van der Waals surface area contributed by atoms with Crippen molar-refractivity contribution in [1.29, 1.82) is 0 Å². The van der Waals surface area contributed by atoms with E-state index in [4.69, 9.17) is 11.6 Å². The summed E-state index contributed by atoms with van der Waals surface area (Å²) in [5, 5.41) is 7.20. The highest BCUT2D eigenvalue weighted by Gasteiger charge is 2.16. The Bertz CT molecular complexity index is 444. The van der Waals surface area contributed by atoms with Crippen molar-refractivity contribution in [2.24, 2.45) is 0 Å². The summed E-state index contributed by atoms with van der Waals surface area (Å²) in [6.45, 7) is 3.06. The van der Waals surface area contributed by atoms with Crippen LogP contribution in [0.15, 0.2) is 24.3 Å². The summed E-state index contributed by atoms with van der Waals surface area (Å²) in [5.74, 6) is 0.102. The van der Waals surface area contributed by atoms with Crippen LogP contribution in [0.25, 0.3) is 0 Å². The maximum absolute atomic E-state index is 12.0. The molecule has 0 aliphatic carbocycles. The van der Waals surface area contributed by atoms with Crippen LogP contribution in [0.5, 0.6) is 0 Å². The number of rotatable bonds is 5. The number of hydrogen-bond acceptors (Lipinski definition) is 2. The molecule has 2 atom stereocenters. The monoisotopic (exact) mass is 294 g/mol. The number of hydrogen-bond donors (Lipinski definition) is 2. The van der Waals surface area contributed by atoms with Crippen molar-refractivity contribution in [3.63, 3.8) is 0 Å². The summed E-state index contributed by atoms with van der Waals surface area (Å²) in [5.41, 5.74) is 0.971. The molecule has 2 rings (SSSR count). The number of nitrogens with one attached hydrogen (secondary N) is 2. The highest BCUT2D eigenvalue weighted by atomic mass is 35.5. The molecule has 1 fully saturated rings. The average molecular weight is 295 g/mol. The summed E-state index contributed by atoms with van der Waals surface area (Å²) in [6, 6.07) is 8.10. The van der Waals surface area contributed by atoms with Crippen LogP contribution in [0.3, 0.4) is 0 Å². The third-order valence-electron chi connectivity index (χ3n) is 3.88. The minimum atomic E-state index is -0.0458. The molecule has 0 saturated carbocycles. The van der Waals surface area contributed by atoms with E-state index in [1.165, 1.54) is 19.3 Å². The molecule has 1 amide bonds. The number of amides is 1. The average Bonchev–Trinajstić information content (AvgIpc) is 2.46. The lowest BCUT2D eigenvalue weighted by atomic mass is 10.0. The lowest BCUT2D eigenvalue weighted by molar-refractivity contribution is -0.122. The normalized spacial score (nSPS) is 20.4. The maximum Gasteiger partial charge on any atom is 0.220 e. The van der Waals surface area contributed by atoms with Gasteiger partial charge in [0.1, 0.15) is 0 Å². The molecule has 3 nitrogen and oxygen atoms in total. The van der Waals surface area contributed by atoms with Crippen LogP contribution in [0.4, 0.5) is 0 Å². The zero-order valence-electron chi connectivity index (χ0n) is 12.0. The van der Waals surface area contributed by atoms with Gasteiger partial charge >= 0.3 is 0 Å². The summed E-state index contributed by atoms with van der Waals surface area (Å²) >= 11 is 6.14. The zero-order chi connectivity index (χ0) is 14.4. The molecule has 1 saturated heterocycles. The van der Waals surface area contributed by atoms with Crippen LogP contribution in [-0.2, 0) is 4.79 Å². The Labute approximate surface area is 126 Å². The number of halogens is 1. The number of carbonyl (C=O) groups is 1. The minimum Gasteiger partial charge on any atom is -0.350 e.